The van der Waals surface area contributed by atoms with E-state index in [9.17, 15) is 4.79 Å². The lowest BCUT2D eigenvalue weighted by molar-refractivity contribution is -0.135. The molecule has 1 aromatic carbocycles. The third-order valence-electron chi connectivity index (χ3n) is 4.19. The number of rotatable bonds is 5. The minimum Gasteiger partial charge on any atom is -0.474 e. The summed E-state index contributed by atoms with van der Waals surface area (Å²) < 4.78 is 11.6. The number of allylic oxidation sites excluding steroid dienone is 1. The van der Waals surface area contributed by atoms with E-state index >= 15 is 0 Å². The first-order chi connectivity index (χ1) is 12.2. The van der Waals surface area contributed by atoms with E-state index in [2.05, 4.69) is 9.97 Å². The molecule has 1 amide bonds. The van der Waals surface area contributed by atoms with Gasteiger partial charge in [0.15, 0.2) is 0 Å². The van der Waals surface area contributed by atoms with Crippen LogP contribution in [-0.2, 0) is 9.53 Å². The van der Waals surface area contributed by atoms with Gasteiger partial charge < -0.3 is 14.4 Å². The summed E-state index contributed by atoms with van der Waals surface area (Å²) in [5, 5.41) is 0.871. The standard InChI is InChI=1S/C19H23N3O3/c1-3-6-14(2)19(23)22-9-10-24-15(11-22)12-25-18-16-7-4-5-8-17(16)20-13-21-18/h4-8,13,15H,3,9-12H2,1-2H3/b14-6+. The maximum Gasteiger partial charge on any atom is 0.249 e. The zero-order chi connectivity index (χ0) is 17.6. The van der Waals surface area contributed by atoms with Crippen LogP contribution in [0.5, 0.6) is 5.88 Å². The van der Waals surface area contributed by atoms with Gasteiger partial charge in [0.1, 0.15) is 19.0 Å². The molecular weight excluding hydrogens is 318 g/mol. The molecule has 6 nitrogen and oxygen atoms in total. The van der Waals surface area contributed by atoms with Crippen molar-refractivity contribution in [3.8, 4) is 5.88 Å². The normalized spacial score (nSPS) is 18.4. The molecule has 1 aliphatic rings. The van der Waals surface area contributed by atoms with Crippen LogP contribution in [0.3, 0.4) is 0 Å². The molecule has 2 heterocycles. The van der Waals surface area contributed by atoms with Gasteiger partial charge in [-0.15, -0.1) is 0 Å². The van der Waals surface area contributed by atoms with E-state index < -0.39 is 0 Å². The maximum atomic E-state index is 12.4. The summed E-state index contributed by atoms with van der Waals surface area (Å²) in [4.78, 5) is 22.7. The number of fused-ring (bicyclic) bond motifs is 1. The molecule has 3 rings (SSSR count). The number of carbonyl (C=O) groups is 1. The Balaban J connectivity index is 1.63. The van der Waals surface area contributed by atoms with Gasteiger partial charge in [-0.2, -0.15) is 0 Å². The number of ether oxygens (including phenoxy) is 2. The maximum absolute atomic E-state index is 12.4. The van der Waals surface area contributed by atoms with E-state index in [1.165, 1.54) is 6.33 Å². The number of para-hydroxylation sites is 1. The van der Waals surface area contributed by atoms with Gasteiger partial charge in [-0.3, -0.25) is 4.79 Å². The molecule has 0 radical (unpaired) electrons. The highest BCUT2D eigenvalue weighted by Crippen LogP contribution is 2.21. The predicted molar refractivity (Wildman–Crippen MR) is 95.4 cm³/mol. The molecule has 2 aromatic rings. The Hall–Kier alpha value is -2.47. The smallest absolute Gasteiger partial charge is 0.249 e. The van der Waals surface area contributed by atoms with Crippen molar-refractivity contribution in [2.24, 2.45) is 0 Å². The van der Waals surface area contributed by atoms with Crippen LogP contribution >= 0.6 is 0 Å². The summed E-state index contributed by atoms with van der Waals surface area (Å²) in [7, 11) is 0. The molecule has 132 valence electrons. The second-order valence-corrected chi connectivity index (χ2v) is 6.05. The fraction of sp³-hybridized carbons (Fsp3) is 0.421. The minimum absolute atomic E-state index is 0.0719. The number of carbonyl (C=O) groups excluding carboxylic acids is 1. The van der Waals surface area contributed by atoms with Gasteiger partial charge in [0.05, 0.1) is 24.1 Å². The third kappa shape index (κ3) is 4.14. The second-order valence-electron chi connectivity index (χ2n) is 6.05. The lowest BCUT2D eigenvalue weighted by Crippen LogP contribution is -2.47. The van der Waals surface area contributed by atoms with Crippen LogP contribution in [0.25, 0.3) is 10.9 Å². The Morgan fingerprint density at radius 3 is 3.08 bits per heavy atom. The van der Waals surface area contributed by atoms with Crippen molar-refractivity contribution in [3.63, 3.8) is 0 Å². The van der Waals surface area contributed by atoms with E-state index in [1.807, 2.05) is 49.1 Å². The van der Waals surface area contributed by atoms with E-state index in [1.54, 1.807) is 0 Å². The van der Waals surface area contributed by atoms with Crippen LogP contribution in [0.15, 0.2) is 42.2 Å². The average molecular weight is 341 g/mol. The van der Waals surface area contributed by atoms with E-state index in [0.717, 1.165) is 22.9 Å². The van der Waals surface area contributed by atoms with Crippen molar-refractivity contribution < 1.29 is 14.3 Å². The molecule has 0 aliphatic carbocycles. The largest absolute Gasteiger partial charge is 0.474 e. The summed E-state index contributed by atoms with van der Waals surface area (Å²) in [6, 6.07) is 7.71. The Labute approximate surface area is 147 Å². The highest BCUT2D eigenvalue weighted by Gasteiger charge is 2.25. The highest BCUT2D eigenvalue weighted by molar-refractivity contribution is 5.92. The second kappa shape index (κ2) is 8.07. The van der Waals surface area contributed by atoms with E-state index in [4.69, 9.17) is 9.47 Å². The Bertz CT molecular complexity index is 770. The van der Waals surface area contributed by atoms with Crippen molar-refractivity contribution >= 4 is 16.8 Å². The van der Waals surface area contributed by atoms with Crippen molar-refractivity contribution in [1.82, 2.24) is 14.9 Å². The summed E-state index contributed by atoms with van der Waals surface area (Å²) in [6.45, 7) is 5.89. The summed E-state index contributed by atoms with van der Waals surface area (Å²) in [5.41, 5.74) is 1.63. The molecule has 6 heteroatoms. The molecule has 0 bridgehead atoms. The van der Waals surface area contributed by atoms with Crippen LogP contribution in [0, 0.1) is 0 Å². The van der Waals surface area contributed by atoms with Crippen molar-refractivity contribution in [3.05, 3.63) is 42.2 Å². The third-order valence-corrected chi connectivity index (χ3v) is 4.19. The SMILES string of the molecule is CC/C=C(\C)C(=O)N1CCOC(COc2ncnc3ccccc23)C1. The first-order valence-electron chi connectivity index (χ1n) is 8.59. The lowest BCUT2D eigenvalue weighted by Gasteiger charge is -2.33. The van der Waals surface area contributed by atoms with Crippen LogP contribution in [0.1, 0.15) is 20.3 Å². The molecule has 1 fully saturated rings. The van der Waals surface area contributed by atoms with E-state index in [-0.39, 0.29) is 12.0 Å². The fourth-order valence-electron chi connectivity index (χ4n) is 2.91. The molecule has 1 atom stereocenters. The van der Waals surface area contributed by atoms with Crippen LogP contribution in [0.4, 0.5) is 0 Å². The average Bonchev–Trinajstić information content (AvgIpc) is 2.66. The quantitative estimate of drug-likeness (QED) is 0.782. The van der Waals surface area contributed by atoms with Gasteiger partial charge in [-0.1, -0.05) is 25.1 Å². The number of hydrogen-bond donors (Lipinski definition) is 0. The highest BCUT2D eigenvalue weighted by atomic mass is 16.5. The Kier molecular flexibility index (Phi) is 5.60. The molecular formula is C19H23N3O3. The van der Waals surface area contributed by atoms with Gasteiger partial charge in [-0.25, -0.2) is 9.97 Å². The predicted octanol–water partition coefficient (Wildman–Crippen LogP) is 2.59. The molecule has 0 spiro atoms. The molecule has 25 heavy (non-hydrogen) atoms. The number of aromatic nitrogens is 2. The number of amides is 1. The molecule has 0 saturated carbocycles. The fourth-order valence-corrected chi connectivity index (χ4v) is 2.91. The minimum atomic E-state index is -0.166. The van der Waals surface area contributed by atoms with Gasteiger partial charge in [-0.05, 0) is 25.5 Å². The summed E-state index contributed by atoms with van der Waals surface area (Å²) in [5.74, 6) is 0.613. The van der Waals surface area contributed by atoms with Crippen LogP contribution in [-0.4, -0.2) is 53.2 Å². The Morgan fingerprint density at radius 1 is 1.40 bits per heavy atom. The van der Waals surface area contributed by atoms with E-state index in [0.29, 0.717) is 32.2 Å². The monoisotopic (exact) mass is 341 g/mol. The number of nitrogens with zero attached hydrogens (tertiary/aromatic N) is 3. The van der Waals surface area contributed by atoms with Crippen LogP contribution < -0.4 is 4.74 Å². The first kappa shape index (κ1) is 17.4. The molecule has 1 aromatic heterocycles. The van der Waals surface area contributed by atoms with Gasteiger partial charge >= 0.3 is 0 Å². The van der Waals surface area contributed by atoms with Gasteiger partial charge in [0.25, 0.3) is 0 Å². The zero-order valence-electron chi connectivity index (χ0n) is 14.6. The number of morpholine rings is 1. The summed E-state index contributed by atoms with van der Waals surface area (Å²) >= 11 is 0. The molecule has 1 saturated heterocycles. The molecule has 1 aliphatic heterocycles. The van der Waals surface area contributed by atoms with Crippen molar-refractivity contribution in [1.29, 1.82) is 0 Å². The van der Waals surface area contributed by atoms with Crippen molar-refractivity contribution in [2.45, 2.75) is 26.4 Å². The summed E-state index contributed by atoms with van der Waals surface area (Å²) in [6.07, 6.45) is 4.14. The number of benzene rings is 1. The topological polar surface area (TPSA) is 64.6 Å². The molecule has 1 unspecified atom stereocenters. The van der Waals surface area contributed by atoms with Gasteiger partial charge in [0, 0.05) is 12.1 Å². The van der Waals surface area contributed by atoms with Crippen molar-refractivity contribution in [2.75, 3.05) is 26.3 Å². The first-order valence-corrected chi connectivity index (χ1v) is 8.59. The Morgan fingerprint density at radius 2 is 2.24 bits per heavy atom. The number of hydrogen-bond acceptors (Lipinski definition) is 5. The zero-order valence-corrected chi connectivity index (χ0v) is 14.6. The van der Waals surface area contributed by atoms with Gasteiger partial charge in [0.2, 0.25) is 11.8 Å². The molecule has 0 N–H and O–H groups in total. The van der Waals surface area contributed by atoms with Crippen LogP contribution in [0.2, 0.25) is 0 Å². The lowest BCUT2D eigenvalue weighted by atomic mass is 10.2.